The molecule has 0 N–H and O–H groups in total. The van der Waals surface area contributed by atoms with Crippen LogP contribution in [0.4, 0.5) is 0 Å². The molecule has 150 valence electrons. The number of carbonyl (C=O) groups excluding carboxylic acids is 2. The molecule has 7 heteroatoms. The predicted octanol–water partition coefficient (Wildman–Crippen LogP) is 3.10. The number of ether oxygens (including phenoxy) is 3. The lowest BCUT2D eigenvalue weighted by atomic mass is 10.0. The van der Waals surface area contributed by atoms with Gasteiger partial charge in [-0.25, -0.2) is 9.59 Å². The van der Waals surface area contributed by atoms with Gasteiger partial charge < -0.3 is 18.6 Å². The van der Waals surface area contributed by atoms with Gasteiger partial charge in [0.05, 0.1) is 6.61 Å². The van der Waals surface area contributed by atoms with E-state index in [0.717, 1.165) is 17.4 Å². The van der Waals surface area contributed by atoms with Crippen molar-refractivity contribution in [2.75, 3.05) is 19.8 Å². The largest absolute Gasteiger partial charge is 0.481 e. The van der Waals surface area contributed by atoms with E-state index >= 15 is 0 Å². The average Bonchev–Trinajstić information content (AvgIpc) is 2.67. The third kappa shape index (κ3) is 5.97. The van der Waals surface area contributed by atoms with E-state index in [9.17, 15) is 14.4 Å². The van der Waals surface area contributed by atoms with E-state index in [1.165, 1.54) is 12.1 Å². The molecule has 0 spiro atoms. The minimum Gasteiger partial charge on any atom is -0.481 e. The molecule has 0 amide bonds. The van der Waals surface area contributed by atoms with Gasteiger partial charge in [0, 0.05) is 23.9 Å². The van der Waals surface area contributed by atoms with E-state index < -0.39 is 11.6 Å². The number of hydrogen-bond donors (Lipinski definition) is 0. The van der Waals surface area contributed by atoms with Crippen molar-refractivity contribution in [3.05, 3.63) is 52.4 Å². The van der Waals surface area contributed by atoms with Crippen LogP contribution in [0.25, 0.3) is 11.0 Å². The summed E-state index contributed by atoms with van der Waals surface area (Å²) >= 11 is 0. The molecule has 0 atom stereocenters. The number of benzene rings is 1. The Bertz CT molecular complexity index is 911. The Hall–Kier alpha value is -3.09. The lowest BCUT2D eigenvalue weighted by Gasteiger charge is -2.13. The van der Waals surface area contributed by atoms with Gasteiger partial charge >= 0.3 is 17.6 Å². The highest BCUT2D eigenvalue weighted by Crippen LogP contribution is 2.28. The first-order chi connectivity index (χ1) is 13.4. The summed E-state index contributed by atoms with van der Waals surface area (Å²) in [5.74, 6) is -0.520. The van der Waals surface area contributed by atoms with Crippen LogP contribution in [-0.2, 0) is 25.5 Å². The average molecular weight is 388 g/mol. The zero-order chi connectivity index (χ0) is 20.5. The van der Waals surface area contributed by atoms with Gasteiger partial charge in [0.1, 0.15) is 17.9 Å². The minimum atomic E-state index is -0.556. The number of aryl methyl sites for hydroxylation is 2. The maximum Gasteiger partial charge on any atom is 0.344 e. The molecule has 0 saturated heterocycles. The van der Waals surface area contributed by atoms with Crippen molar-refractivity contribution in [2.45, 2.75) is 33.1 Å². The van der Waals surface area contributed by atoms with E-state index in [0.29, 0.717) is 29.9 Å². The van der Waals surface area contributed by atoms with Crippen LogP contribution in [0, 0.1) is 6.92 Å². The SMILES string of the molecule is C=CCOC(=O)COc1cc2oc(=O)cc(C)c2cc1CCC(=O)OCCC. The summed E-state index contributed by atoms with van der Waals surface area (Å²) in [4.78, 5) is 35.2. The summed E-state index contributed by atoms with van der Waals surface area (Å²) in [7, 11) is 0. The molecule has 2 aromatic rings. The summed E-state index contributed by atoms with van der Waals surface area (Å²) in [6.45, 7) is 7.34. The monoisotopic (exact) mass is 388 g/mol. The van der Waals surface area contributed by atoms with E-state index in [1.54, 1.807) is 19.1 Å². The molecular formula is C21H24O7. The second-order valence-corrected chi connectivity index (χ2v) is 6.19. The molecule has 7 nitrogen and oxygen atoms in total. The fourth-order valence-electron chi connectivity index (χ4n) is 2.58. The van der Waals surface area contributed by atoms with E-state index in [4.69, 9.17) is 18.6 Å². The van der Waals surface area contributed by atoms with Gasteiger partial charge in [-0.05, 0) is 37.0 Å². The molecule has 0 aliphatic rings. The van der Waals surface area contributed by atoms with Crippen molar-refractivity contribution in [3.8, 4) is 5.75 Å². The molecule has 1 aromatic carbocycles. The topological polar surface area (TPSA) is 92.0 Å². The molecule has 0 fully saturated rings. The van der Waals surface area contributed by atoms with Crippen molar-refractivity contribution in [1.82, 2.24) is 0 Å². The lowest BCUT2D eigenvalue weighted by molar-refractivity contribution is -0.145. The van der Waals surface area contributed by atoms with Crippen molar-refractivity contribution in [2.24, 2.45) is 0 Å². The van der Waals surface area contributed by atoms with E-state index in [2.05, 4.69) is 6.58 Å². The van der Waals surface area contributed by atoms with Crippen LogP contribution >= 0.6 is 0 Å². The predicted molar refractivity (Wildman–Crippen MR) is 103 cm³/mol. The van der Waals surface area contributed by atoms with Crippen molar-refractivity contribution in [3.63, 3.8) is 0 Å². The number of carbonyl (C=O) groups is 2. The summed E-state index contributed by atoms with van der Waals surface area (Å²) < 4.78 is 20.8. The number of hydrogen-bond acceptors (Lipinski definition) is 7. The highest BCUT2D eigenvalue weighted by molar-refractivity contribution is 5.83. The zero-order valence-corrected chi connectivity index (χ0v) is 16.1. The normalized spacial score (nSPS) is 10.5. The van der Waals surface area contributed by atoms with Crippen LogP contribution in [-0.4, -0.2) is 31.8 Å². The Morgan fingerprint density at radius 1 is 1.18 bits per heavy atom. The summed E-state index contributed by atoms with van der Waals surface area (Å²) in [5.41, 5.74) is 1.32. The van der Waals surface area contributed by atoms with Crippen LogP contribution in [0.5, 0.6) is 5.75 Å². The molecule has 2 rings (SSSR count). The molecule has 0 aliphatic carbocycles. The zero-order valence-electron chi connectivity index (χ0n) is 16.1. The lowest BCUT2D eigenvalue weighted by Crippen LogP contribution is -2.16. The van der Waals surface area contributed by atoms with Crippen LogP contribution in [0.2, 0.25) is 0 Å². The van der Waals surface area contributed by atoms with Crippen LogP contribution in [0.1, 0.15) is 30.9 Å². The minimum absolute atomic E-state index is 0.0874. The Balaban J connectivity index is 2.26. The molecule has 0 aliphatic heterocycles. The van der Waals surface area contributed by atoms with E-state index in [-0.39, 0.29) is 25.6 Å². The number of fused-ring (bicyclic) bond motifs is 1. The fourth-order valence-corrected chi connectivity index (χ4v) is 2.58. The summed E-state index contributed by atoms with van der Waals surface area (Å²) in [6, 6.07) is 4.75. The first kappa shape index (κ1) is 21.2. The Morgan fingerprint density at radius 2 is 1.96 bits per heavy atom. The second kappa shape index (κ2) is 10.3. The van der Waals surface area contributed by atoms with Crippen LogP contribution in [0.3, 0.4) is 0 Å². The van der Waals surface area contributed by atoms with Crippen molar-refractivity contribution < 1.29 is 28.2 Å². The van der Waals surface area contributed by atoms with Gasteiger partial charge in [0.2, 0.25) is 0 Å². The van der Waals surface area contributed by atoms with Gasteiger partial charge in [0.15, 0.2) is 6.61 Å². The fraction of sp³-hybridized carbons (Fsp3) is 0.381. The van der Waals surface area contributed by atoms with Crippen LogP contribution < -0.4 is 10.4 Å². The van der Waals surface area contributed by atoms with Gasteiger partial charge in [-0.1, -0.05) is 19.6 Å². The highest BCUT2D eigenvalue weighted by atomic mass is 16.6. The number of rotatable bonds is 10. The van der Waals surface area contributed by atoms with Gasteiger partial charge in [-0.2, -0.15) is 0 Å². The summed E-state index contributed by atoms with van der Waals surface area (Å²) in [6.07, 6.45) is 2.73. The number of esters is 2. The molecule has 0 saturated carbocycles. The summed E-state index contributed by atoms with van der Waals surface area (Å²) in [5, 5.41) is 0.734. The van der Waals surface area contributed by atoms with Gasteiger partial charge in [-0.3, -0.25) is 4.79 Å². The molecule has 0 radical (unpaired) electrons. The van der Waals surface area contributed by atoms with Crippen LogP contribution in [0.15, 0.2) is 40.1 Å². The van der Waals surface area contributed by atoms with Gasteiger partial charge in [-0.15, -0.1) is 0 Å². The third-order valence-electron chi connectivity index (χ3n) is 3.91. The molecule has 0 unspecified atom stereocenters. The highest BCUT2D eigenvalue weighted by Gasteiger charge is 2.14. The second-order valence-electron chi connectivity index (χ2n) is 6.19. The van der Waals surface area contributed by atoms with Gasteiger partial charge in [0.25, 0.3) is 0 Å². The molecule has 28 heavy (non-hydrogen) atoms. The molecular weight excluding hydrogens is 364 g/mol. The van der Waals surface area contributed by atoms with E-state index in [1.807, 2.05) is 6.92 Å². The molecule has 1 aromatic heterocycles. The smallest absolute Gasteiger partial charge is 0.344 e. The Kier molecular flexibility index (Phi) is 7.80. The quantitative estimate of drug-likeness (QED) is 0.351. The Labute approximate surface area is 162 Å². The van der Waals surface area contributed by atoms with Crippen molar-refractivity contribution in [1.29, 1.82) is 0 Å². The first-order valence-electron chi connectivity index (χ1n) is 9.07. The molecule has 1 heterocycles. The first-order valence-corrected chi connectivity index (χ1v) is 9.07. The maximum absolute atomic E-state index is 11.8. The maximum atomic E-state index is 11.8. The molecule has 0 bridgehead atoms. The Morgan fingerprint density at radius 3 is 2.68 bits per heavy atom. The third-order valence-corrected chi connectivity index (χ3v) is 3.91. The van der Waals surface area contributed by atoms with Crippen molar-refractivity contribution >= 4 is 22.9 Å². The standard InChI is InChI=1S/C21H24O7/c1-4-8-25-19(22)7-6-15-11-16-14(3)10-20(23)28-18(16)12-17(15)27-13-21(24)26-9-5-2/h5,10-12H,2,4,6-9,13H2,1,3H3.